The lowest BCUT2D eigenvalue weighted by atomic mass is 10.1. The average Bonchev–Trinajstić information content (AvgIpc) is 2.46. The second-order valence-corrected chi connectivity index (χ2v) is 7.18. The first-order valence-electron chi connectivity index (χ1n) is 8.13. The number of anilines is 1. The smallest absolute Gasteiger partial charge is 0.337 e. The number of carbonyl (C=O) groups excluding carboxylic acids is 3. The number of quaternary nitrogens is 1. The Labute approximate surface area is 148 Å². The fourth-order valence-corrected chi connectivity index (χ4v) is 2.27. The highest BCUT2D eigenvalue weighted by atomic mass is 16.5. The zero-order chi connectivity index (χ0) is 19.2. The van der Waals surface area contributed by atoms with E-state index in [0.29, 0.717) is 11.3 Å². The first-order chi connectivity index (χ1) is 11.5. The fourth-order valence-electron chi connectivity index (χ4n) is 2.27. The van der Waals surface area contributed by atoms with Gasteiger partial charge in [-0.2, -0.15) is 0 Å². The van der Waals surface area contributed by atoms with Crippen LogP contribution in [-0.2, 0) is 14.3 Å². The van der Waals surface area contributed by atoms with Gasteiger partial charge in [-0.1, -0.05) is 6.07 Å². The standard InChI is InChI=1S/C18H27N3O4/c1-12-7-8-13(17(24)25-6)9-14(12)19-15(22)10-21(5)11-16(23)20-18(2,3)4/h7-9H,10-11H2,1-6H3,(H,19,22)(H,20,23)/p+1. The largest absolute Gasteiger partial charge is 0.465 e. The topological polar surface area (TPSA) is 88.9 Å². The summed E-state index contributed by atoms with van der Waals surface area (Å²) in [5.41, 5.74) is 1.46. The Morgan fingerprint density at radius 3 is 2.28 bits per heavy atom. The predicted octanol–water partition coefficient (Wildman–Crippen LogP) is 0.150. The molecule has 7 heteroatoms. The van der Waals surface area contributed by atoms with Crippen LogP contribution in [0.5, 0.6) is 0 Å². The van der Waals surface area contributed by atoms with Crippen LogP contribution in [-0.4, -0.2) is 50.6 Å². The first kappa shape index (κ1) is 20.6. The number of amides is 2. The molecule has 0 bridgehead atoms. The van der Waals surface area contributed by atoms with E-state index in [1.165, 1.54) is 7.11 Å². The van der Waals surface area contributed by atoms with E-state index in [1.54, 1.807) is 25.2 Å². The monoisotopic (exact) mass is 350 g/mol. The summed E-state index contributed by atoms with van der Waals surface area (Å²) in [4.78, 5) is 36.5. The predicted molar refractivity (Wildman–Crippen MR) is 95.7 cm³/mol. The molecule has 1 aromatic carbocycles. The Hall–Kier alpha value is -2.41. The van der Waals surface area contributed by atoms with Crippen LogP contribution in [0.1, 0.15) is 36.7 Å². The lowest BCUT2D eigenvalue weighted by Crippen LogP contribution is -3.11. The fraction of sp³-hybridized carbons (Fsp3) is 0.500. The number of esters is 1. The van der Waals surface area contributed by atoms with Crippen LogP contribution in [0.3, 0.4) is 0 Å². The number of hydrogen-bond acceptors (Lipinski definition) is 4. The van der Waals surface area contributed by atoms with Gasteiger partial charge in [0.25, 0.3) is 11.8 Å². The number of benzene rings is 1. The van der Waals surface area contributed by atoms with Crippen molar-refractivity contribution in [2.45, 2.75) is 33.2 Å². The maximum absolute atomic E-state index is 12.2. The number of aryl methyl sites for hydroxylation is 1. The van der Waals surface area contributed by atoms with Crippen molar-refractivity contribution in [2.24, 2.45) is 0 Å². The normalized spacial score (nSPS) is 12.2. The Morgan fingerprint density at radius 2 is 1.72 bits per heavy atom. The Balaban J connectivity index is 2.64. The third-order valence-corrected chi connectivity index (χ3v) is 3.37. The Kier molecular flexibility index (Phi) is 7.11. The quantitative estimate of drug-likeness (QED) is 0.637. The van der Waals surface area contributed by atoms with Crippen LogP contribution in [0.25, 0.3) is 0 Å². The van der Waals surface area contributed by atoms with Gasteiger partial charge in [0.15, 0.2) is 13.1 Å². The number of ether oxygens (including phenoxy) is 1. The first-order valence-corrected chi connectivity index (χ1v) is 8.13. The third kappa shape index (κ3) is 7.34. The molecule has 0 aromatic heterocycles. The molecule has 25 heavy (non-hydrogen) atoms. The van der Waals surface area contributed by atoms with Gasteiger partial charge in [-0.15, -0.1) is 0 Å². The maximum atomic E-state index is 12.2. The molecule has 138 valence electrons. The summed E-state index contributed by atoms with van der Waals surface area (Å²) in [5, 5.41) is 5.65. The molecule has 7 nitrogen and oxygen atoms in total. The van der Waals surface area contributed by atoms with Gasteiger partial charge in [0.1, 0.15) is 0 Å². The van der Waals surface area contributed by atoms with Crippen LogP contribution in [0.15, 0.2) is 18.2 Å². The molecule has 3 N–H and O–H groups in total. The van der Waals surface area contributed by atoms with Crippen LogP contribution in [0, 0.1) is 6.92 Å². The summed E-state index contributed by atoms with van der Waals surface area (Å²) < 4.78 is 4.68. The number of nitrogens with one attached hydrogen (secondary N) is 3. The van der Waals surface area contributed by atoms with Gasteiger partial charge in [-0.3, -0.25) is 9.59 Å². The van der Waals surface area contributed by atoms with Crippen molar-refractivity contribution in [1.82, 2.24) is 5.32 Å². The van der Waals surface area contributed by atoms with Crippen LogP contribution < -0.4 is 15.5 Å². The highest BCUT2D eigenvalue weighted by Gasteiger charge is 2.19. The molecule has 1 aromatic rings. The molecule has 1 rings (SSSR count). The highest BCUT2D eigenvalue weighted by molar-refractivity contribution is 5.95. The molecular formula is C18H28N3O4+. The van der Waals surface area contributed by atoms with E-state index in [9.17, 15) is 14.4 Å². The molecule has 0 saturated carbocycles. The molecule has 2 amide bonds. The van der Waals surface area contributed by atoms with Gasteiger partial charge >= 0.3 is 5.97 Å². The van der Waals surface area contributed by atoms with E-state index < -0.39 is 5.97 Å². The van der Waals surface area contributed by atoms with Crippen molar-refractivity contribution < 1.29 is 24.0 Å². The van der Waals surface area contributed by atoms with Crippen molar-refractivity contribution in [3.05, 3.63) is 29.3 Å². The van der Waals surface area contributed by atoms with Gasteiger partial charge in [-0.25, -0.2) is 4.79 Å². The van der Waals surface area contributed by atoms with Crippen molar-refractivity contribution >= 4 is 23.5 Å². The molecule has 0 heterocycles. The van der Waals surface area contributed by atoms with Crippen molar-refractivity contribution in [2.75, 3.05) is 32.6 Å². The zero-order valence-electron chi connectivity index (χ0n) is 15.8. The molecule has 1 atom stereocenters. The van der Waals surface area contributed by atoms with E-state index in [2.05, 4.69) is 15.4 Å². The minimum absolute atomic E-state index is 0.110. The highest BCUT2D eigenvalue weighted by Crippen LogP contribution is 2.17. The lowest BCUT2D eigenvalue weighted by Gasteiger charge is -2.21. The lowest BCUT2D eigenvalue weighted by molar-refractivity contribution is -0.862. The molecule has 0 radical (unpaired) electrons. The van der Waals surface area contributed by atoms with Crippen LogP contribution >= 0.6 is 0 Å². The maximum Gasteiger partial charge on any atom is 0.337 e. The van der Waals surface area contributed by atoms with Crippen LogP contribution in [0.2, 0.25) is 0 Å². The second-order valence-electron chi connectivity index (χ2n) is 7.18. The Morgan fingerprint density at radius 1 is 1.12 bits per heavy atom. The second kappa shape index (κ2) is 8.62. The number of methoxy groups -OCH3 is 1. The number of likely N-dealkylation sites (N-methyl/N-ethyl adjacent to an activating group) is 1. The molecule has 0 aliphatic rings. The summed E-state index contributed by atoms with van der Waals surface area (Å²) in [6.07, 6.45) is 0. The zero-order valence-corrected chi connectivity index (χ0v) is 15.8. The minimum Gasteiger partial charge on any atom is -0.465 e. The van der Waals surface area contributed by atoms with E-state index in [-0.39, 0.29) is 30.4 Å². The number of rotatable bonds is 6. The number of hydrogen-bond donors (Lipinski definition) is 3. The van der Waals surface area contributed by atoms with E-state index in [0.717, 1.165) is 10.5 Å². The molecule has 0 aliphatic carbocycles. The van der Waals surface area contributed by atoms with Crippen LogP contribution in [0.4, 0.5) is 5.69 Å². The van der Waals surface area contributed by atoms with Crippen molar-refractivity contribution in [1.29, 1.82) is 0 Å². The van der Waals surface area contributed by atoms with E-state index in [1.807, 2.05) is 27.7 Å². The molecule has 0 saturated heterocycles. The number of carbonyl (C=O) groups is 3. The molecule has 0 spiro atoms. The molecule has 0 aliphatic heterocycles. The van der Waals surface area contributed by atoms with Gasteiger partial charge in [0.2, 0.25) is 0 Å². The third-order valence-electron chi connectivity index (χ3n) is 3.37. The summed E-state index contributed by atoms with van der Waals surface area (Å²) in [6, 6.07) is 4.97. The minimum atomic E-state index is -0.461. The van der Waals surface area contributed by atoms with Gasteiger partial charge in [-0.05, 0) is 45.4 Å². The summed E-state index contributed by atoms with van der Waals surface area (Å²) >= 11 is 0. The van der Waals surface area contributed by atoms with E-state index in [4.69, 9.17) is 0 Å². The SMILES string of the molecule is COC(=O)c1ccc(C)c(NC(=O)C[NH+](C)CC(=O)NC(C)(C)C)c1. The average molecular weight is 350 g/mol. The van der Waals surface area contributed by atoms with Crippen molar-refractivity contribution in [3.8, 4) is 0 Å². The van der Waals surface area contributed by atoms with Gasteiger partial charge in [0, 0.05) is 11.2 Å². The summed E-state index contributed by atoms with van der Waals surface area (Å²) in [5.74, 6) is -0.801. The van der Waals surface area contributed by atoms with Gasteiger partial charge in [0.05, 0.1) is 19.7 Å². The summed E-state index contributed by atoms with van der Waals surface area (Å²) in [7, 11) is 3.08. The molecular weight excluding hydrogens is 322 g/mol. The molecule has 0 fully saturated rings. The van der Waals surface area contributed by atoms with Gasteiger partial charge < -0.3 is 20.3 Å². The summed E-state index contributed by atoms with van der Waals surface area (Å²) in [6.45, 7) is 7.90. The van der Waals surface area contributed by atoms with Crippen molar-refractivity contribution in [3.63, 3.8) is 0 Å². The molecule has 1 unspecified atom stereocenters. The van der Waals surface area contributed by atoms with E-state index >= 15 is 0 Å². The Bertz CT molecular complexity index is 650.